The third-order valence-corrected chi connectivity index (χ3v) is 10.6. The fourth-order valence-corrected chi connectivity index (χ4v) is 7.65. The summed E-state index contributed by atoms with van der Waals surface area (Å²) in [4.78, 5) is 25.4. The number of nitrogens with zero attached hydrogens (tertiary/aromatic N) is 6. The molecule has 8 aromatic carbocycles. The van der Waals surface area contributed by atoms with Crippen LogP contribution in [0.3, 0.4) is 0 Å². The number of hydrogen-bond acceptors (Lipinski definition) is 6. The molecule has 0 amide bonds. The summed E-state index contributed by atoms with van der Waals surface area (Å²) in [6, 6.07) is 71.7. The molecule has 0 spiro atoms. The molecule has 60 heavy (non-hydrogen) atoms. The Labute approximate surface area is 347 Å². The molecule has 0 saturated carbocycles. The number of aromatic nitrogens is 5. The Morgan fingerprint density at radius 2 is 0.783 bits per heavy atom. The first-order valence-corrected chi connectivity index (χ1v) is 19.7. The van der Waals surface area contributed by atoms with Gasteiger partial charge in [-0.05, 0) is 57.6 Å². The van der Waals surface area contributed by atoms with E-state index in [4.69, 9.17) is 24.9 Å². The quantitative estimate of drug-likeness (QED) is 0.153. The monoisotopic (exact) mass is 766 g/mol. The van der Waals surface area contributed by atoms with Crippen LogP contribution in [0.1, 0.15) is 5.56 Å². The summed E-state index contributed by atoms with van der Waals surface area (Å²) in [5, 5.41) is 10.6. The highest BCUT2D eigenvalue weighted by atomic mass is 15.0. The maximum absolute atomic E-state index is 9.55. The average molecular weight is 767 g/mol. The van der Waals surface area contributed by atoms with Gasteiger partial charge in [0, 0.05) is 33.2 Å². The maximum Gasteiger partial charge on any atom is 0.164 e. The zero-order valence-electron chi connectivity index (χ0n) is 32.3. The van der Waals surface area contributed by atoms with E-state index in [1.54, 1.807) is 0 Å². The highest BCUT2D eigenvalue weighted by Gasteiger charge is 2.19. The summed E-state index contributed by atoms with van der Waals surface area (Å²) in [6.07, 6.45) is 0. The number of fused-ring (bicyclic) bond motifs is 1. The number of para-hydroxylation sites is 1. The molecule has 0 fully saturated rings. The van der Waals surface area contributed by atoms with E-state index >= 15 is 0 Å². The molecule has 0 N–H and O–H groups in total. The molecule has 280 valence electrons. The highest BCUT2D eigenvalue weighted by Crippen LogP contribution is 2.39. The van der Waals surface area contributed by atoms with Gasteiger partial charge in [0.25, 0.3) is 0 Å². The van der Waals surface area contributed by atoms with E-state index in [1.807, 2.05) is 115 Å². The summed E-state index contributed by atoms with van der Waals surface area (Å²) in [7, 11) is 0. The minimum Gasteiger partial charge on any atom is -0.228 e. The molecule has 0 bridgehead atoms. The largest absolute Gasteiger partial charge is 0.228 e. The Hall–Kier alpha value is -8.40. The van der Waals surface area contributed by atoms with E-state index in [9.17, 15) is 5.26 Å². The SMILES string of the molecule is N#Cc1cccc(-c2cccc(-c3nc(-c4ccccc4)nc(-c4ccccc4-c4ccccc4-c4ccc(-c5nc(-c6ccccc6)c6ccccc6n5)cc4)n3)c2)c1. The predicted octanol–water partition coefficient (Wildman–Crippen LogP) is 13.0. The molecule has 6 heteroatoms. The zero-order chi connectivity index (χ0) is 40.3. The molecule has 0 unspecified atom stereocenters. The molecule has 0 saturated heterocycles. The second-order valence-corrected chi connectivity index (χ2v) is 14.4. The summed E-state index contributed by atoms with van der Waals surface area (Å²) in [5.74, 6) is 2.39. The van der Waals surface area contributed by atoms with Gasteiger partial charge in [0.15, 0.2) is 23.3 Å². The molecule has 6 nitrogen and oxygen atoms in total. The summed E-state index contributed by atoms with van der Waals surface area (Å²) < 4.78 is 0. The van der Waals surface area contributed by atoms with Gasteiger partial charge >= 0.3 is 0 Å². The second-order valence-electron chi connectivity index (χ2n) is 14.4. The molecule has 0 aliphatic heterocycles. The first-order valence-electron chi connectivity index (χ1n) is 19.7. The van der Waals surface area contributed by atoms with Gasteiger partial charge in [-0.1, -0.05) is 182 Å². The van der Waals surface area contributed by atoms with Crippen LogP contribution in [0.5, 0.6) is 0 Å². The molecule has 2 heterocycles. The standard InChI is InChI=1S/C54H34N6/c55-35-36-15-13-20-41(33-36)42-21-14-22-43(34-42)53-58-52(39-18-5-2-6-19-39)59-54(60-53)47-26-10-9-25-46(47)45-24-8-7-23-44(45)37-29-31-40(32-30-37)51-56-49-28-12-11-27-48(49)50(57-51)38-16-3-1-4-17-38/h1-34H. The fourth-order valence-electron chi connectivity index (χ4n) is 7.65. The van der Waals surface area contributed by atoms with Crippen LogP contribution >= 0.6 is 0 Å². The molecule has 10 aromatic rings. The lowest BCUT2D eigenvalue weighted by atomic mass is 9.91. The van der Waals surface area contributed by atoms with Crippen molar-refractivity contribution in [1.82, 2.24) is 24.9 Å². The molecule has 0 aliphatic carbocycles. The van der Waals surface area contributed by atoms with Gasteiger partial charge in [-0.2, -0.15) is 5.26 Å². The van der Waals surface area contributed by atoms with Crippen molar-refractivity contribution in [2.45, 2.75) is 0 Å². The first-order chi connectivity index (χ1) is 29.7. The third-order valence-electron chi connectivity index (χ3n) is 10.6. The van der Waals surface area contributed by atoms with Crippen molar-refractivity contribution in [3.05, 3.63) is 212 Å². The van der Waals surface area contributed by atoms with Crippen molar-refractivity contribution < 1.29 is 0 Å². The van der Waals surface area contributed by atoms with Crippen molar-refractivity contribution in [3.8, 4) is 96.3 Å². The van der Waals surface area contributed by atoms with E-state index < -0.39 is 0 Å². The van der Waals surface area contributed by atoms with Gasteiger partial charge in [0.1, 0.15) is 0 Å². The first kappa shape index (κ1) is 36.0. The molecular formula is C54H34N6. The summed E-state index contributed by atoms with van der Waals surface area (Å²) in [5.41, 5.74) is 13.2. The van der Waals surface area contributed by atoms with Crippen LogP contribution in [0.4, 0.5) is 0 Å². The van der Waals surface area contributed by atoms with Crippen molar-refractivity contribution in [3.63, 3.8) is 0 Å². The van der Waals surface area contributed by atoms with E-state index in [0.717, 1.165) is 77.8 Å². The number of benzene rings is 8. The number of hydrogen-bond donors (Lipinski definition) is 0. The van der Waals surface area contributed by atoms with Crippen LogP contribution in [0.2, 0.25) is 0 Å². The van der Waals surface area contributed by atoms with Gasteiger partial charge in [0.05, 0.1) is 22.8 Å². The minimum atomic E-state index is 0.558. The Kier molecular flexibility index (Phi) is 9.51. The normalized spacial score (nSPS) is 11.0. The Bertz CT molecular complexity index is 3210. The lowest BCUT2D eigenvalue weighted by Gasteiger charge is -2.15. The maximum atomic E-state index is 9.55. The predicted molar refractivity (Wildman–Crippen MR) is 241 cm³/mol. The van der Waals surface area contributed by atoms with Crippen molar-refractivity contribution in [1.29, 1.82) is 5.26 Å². The van der Waals surface area contributed by atoms with E-state index in [1.165, 1.54) is 0 Å². The molecule has 0 atom stereocenters. The third kappa shape index (κ3) is 7.08. The molecule has 0 radical (unpaired) electrons. The van der Waals surface area contributed by atoms with Crippen LogP contribution in [0.15, 0.2) is 206 Å². The second kappa shape index (κ2) is 15.9. The van der Waals surface area contributed by atoms with Crippen molar-refractivity contribution in [2.75, 3.05) is 0 Å². The highest BCUT2D eigenvalue weighted by molar-refractivity contribution is 5.94. The zero-order valence-corrected chi connectivity index (χ0v) is 32.3. The van der Waals surface area contributed by atoms with Crippen LogP contribution in [-0.4, -0.2) is 24.9 Å². The van der Waals surface area contributed by atoms with Gasteiger partial charge in [-0.25, -0.2) is 24.9 Å². The number of rotatable bonds is 8. The van der Waals surface area contributed by atoms with Gasteiger partial charge < -0.3 is 0 Å². The molecule has 0 aliphatic rings. The minimum absolute atomic E-state index is 0.558. The van der Waals surface area contributed by atoms with E-state index in [2.05, 4.69) is 97.1 Å². The molecule has 10 rings (SSSR count). The smallest absolute Gasteiger partial charge is 0.164 e. The van der Waals surface area contributed by atoms with Gasteiger partial charge in [-0.3, -0.25) is 0 Å². The lowest BCUT2D eigenvalue weighted by Crippen LogP contribution is -2.01. The Balaban J connectivity index is 1.06. The van der Waals surface area contributed by atoms with Crippen LogP contribution in [0.25, 0.3) is 101 Å². The lowest BCUT2D eigenvalue weighted by molar-refractivity contribution is 1.07. The van der Waals surface area contributed by atoms with E-state index in [0.29, 0.717) is 28.9 Å². The topological polar surface area (TPSA) is 88.2 Å². The molecule has 2 aromatic heterocycles. The van der Waals surface area contributed by atoms with Gasteiger partial charge in [-0.15, -0.1) is 0 Å². The average Bonchev–Trinajstić information content (AvgIpc) is 3.34. The van der Waals surface area contributed by atoms with E-state index in [-0.39, 0.29) is 0 Å². The molecular weight excluding hydrogens is 733 g/mol. The summed E-state index contributed by atoms with van der Waals surface area (Å²) >= 11 is 0. The van der Waals surface area contributed by atoms with Gasteiger partial charge in [0.2, 0.25) is 0 Å². The Morgan fingerprint density at radius 1 is 0.300 bits per heavy atom. The van der Waals surface area contributed by atoms with Crippen molar-refractivity contribution in [2.24, 2.45) is 0 Å². The van der Waals surface area contributed by atoms with Crippen LogP contribution in [-0.2, 0) is 0 Å². The summed E-state index contributed by atoms with van der Waals surface area (Å²) in [6.45, 7) is 0. The number of nitriles is 1. The van der Waals surface area contributed by atoms with Crippen molar-refractivity contribution >= 4 is 10.9 Å². The Morgan fingerprint density at radius 3 is 1.52 bits per heavy atom. The van der Waals surface area contributed by atoms with Crippen LogP contribution < -0.4 is 0 Å². The fraction of sp³-hybridized carbons (Fsp3) is 0. The van der Waals surface area contributed by atoms with Crippen LogP contribution in [0, 0.1) is 11.3 Å².